The monoisotopic (exact) mass is 388 g/mol. The van der Waals surface area contributed by atoms with Gasteiger partial charge in [-0.3, -0.25) is 14.3 Å². The van der Waals surface area contributed by atoms with Gasteiger partial charge in [-0.1, -0.05) is 17.3 Å². The molecule has 1 aliphatic heterocycles. The van der Waals surface area contributed by atoms with Gasteiger partial charge < -0.3 is 4.52 Å². The Hall–Kier alpha value is -2.61. The number of para-hydroxylation sites is 1. The molecule has 3 heterocycles. The number of benzene rings is 1. The second-order valence-electron chi connectivity index (χ2n) is 7.17. The summed E-state index contributed by atoms with van der Waals surface area (Å²) in [5, 5.41) is 4.27. The zero-order valence-corrected chi connectivity index (χ0v) is 15.6. The molecule has 148 valence electrons. The average molecular weight is 388 g/mol. The number of hydrogen-bond donors (Lipinski definition) is 0. The summed E-state index contributed by atoms with van der Waals surface area (Å²) in [6, 6.07) is 8.64. The molecule has 0 radical (unpaired) electrons. The Morgan fingerprint density at radius 1 is 1.32 bits per heavy atom. The van der Waals surface area contributed by atoms with Crippen LogP contribution < -0.4 is 5.56 Å². The van der Waals surface area contributed by atoms with E-state index in [4.69, 9.17) is 4.52 Å². The molecule has 1 aliphatic rings. The van der Waals surface area contributed by atoms with Gasteiger partial charge in [-0.05, 0) is 38.4 Å². The summed E-state index contributed by atoms with van der Waals surface area (Å²) in [6.45, 7) is 2.75. The van der Waals surface area contributed by atoms with Gasteiger partial charge in [0, 0.05) is 19.0 Å². The van der Waals surface area contributed by atoms with Crippen molar-refractivity contribution in [3.8, 4) is 0 Å². The number of aryl methyl sites for hydroxylation is 1. The first-order valence-electron chi connectivity index (χ1n) is 9.47. The van der Waals surface area contributed by atoms with Crippen LogP contribution in [-0.4, -0.2) is 39.1 Å². The highest BCUT2D eigenvalue weighted by molar-refractivity contribution is 5.77. The van der Waals surface area contributed by atoms with Crippen molar-refractivity contribution in [3.05, 3.63) is 58.0 Å². The minimum absolute atomic E-state index is 0.167. The fraction of sp³-hybridized carbons (Fsp3) is 0.450. The van der Waals surface area contributed by atoms with Crippen LogP contribution in [-0.2, 0) is 13.0 Å². The maximum Gasteiger partial charge on any atom is 0.261 e. The Morgan fingerprint density at radius 3 is 2.89 bits per heavy atom. The maximum atomic E-state index is 13.2. The standard InChI is InChI=1S/C20H22F2N4O2/c1-13-11-14(28-24-13)8-10-25-9-4-7-17(25)19-23-16-6-3-2-5-15(16)20(27)26(19)12-18(21)22/h2-3,5-6,11,17-18H,4,7-10,12H2,1H3. The number of rotatable bonds is 6. The van der Waals surface area contributed by atoms with Crippen molar-refractivity contribution >= 4 is 10.9 Å². The molecule has 1 unspecified atom stereocenters. The molecular formula is C20H22F2N4O2. The molecule has 0 bridgehead atoms. The predicted molar refractivity (Wildman–Crippen MR) is 100 cm³/mol. The van der Waals surface area contributed by atoms with Crippen molar-refractivity contribution in [1.82, 2.24) is 19.6 Å². The Bertz CT molecular complexity index is 1030. The second kappa shape index (κ2) is 7.79. The van der Waals surface area contributed by atoms with Crippen LogP contribution >= 0.6 is 0 Å². The third-order valence-electron chi connectivity index (χ3n) is 5.20. The van der Waals surface area contributed by atoms with Crippen LogP contribution in [0, 0.1) is 6.92 Å². The molecule has 2 aromatic heterocycles. The van der Waals surface area contributed by atoms with E-state index in [-0.39, 0.29) is 6.04 Å². The summed E-state index contributed by atoms with van der Waals surface area (Å²) in [5.74, 6) is 1.22. The number of fused-ring (bicyclic) bond motifs is 1. The molecule has 4 rings (SSSR count). The van der Waals surface area contributed by atoms with Gasteiger partial charge in [-0.2, -0.15) is 0 Å². The van der Waals surface area contributed by atoms with Crippen LogP contribution in [0.3, 0.4) is 0 Å². The van der Waals surface area contributed by atoms with E-state index in [9.17, 15) is 13.6 Å². The van der Waals surface area contributed by atoms with E-state index in [0.29, 0.717) is 29.7 Å². The summed E-state index contributed by atoms with van der Waals surface area (Å²) < 4.78 is 32.9. The largest absolute Gasteiger partial charge is 0.361 e. The topological polar surface area (TPSA) is 64.2 Å². The van der Waals surface area contributed by atoms with Crippen LogP contribution in [0.4, 0.5) is 8.78 Å². The van der Waals surface area contributed by atoms with Gasteiger partial charge in [0.25, 0.3) is 12.0 Å². The van der Waals surface area contributed by atoms with E-state index in [2.05, 4.69) is 15.0 Å². The van der Waals surface area contributed by atoms with Gasteiger partial charge in [0.2, 0.25) is 0 Å². The van der Waals surface area contributed by atoms with Gasteiger partial charge in [0.05, 0.1) is 29.2 Å². The normalized spacial score (nSPS) is 17.8. The summed E-state index contributed by atoms with van der Waals surface area (Å²) >= 11 is 0. The van der Waals surface area contributed by atoms with Gasteiger partial charge in [0.15, 0.2) is 0 Å². The molecule has 1 aromatic carbocycles. The number of alkyl halides is 2. The first kappa shape index (κ1) is 18.7. The Labute approximate surface area is 160 Å². The third-order valence-corrected chi connectivity index (χ3v) is 5.20. The molecule has 1 fully saturated rings. The highest BCUT2D eigenvalue weighted by Gasteiger charge is 2.31. The number of hydrogen-bond acceptors (Lipinski definition) is 5. The third kappa shape index (κ3) is 3.69. The lowest BCUT2D eigenvalue weighted by atomic mass is 10.1. The van der Waals surface area contributed by atoms with E-state index in [1.807, 2.05) is 13.0 Å². The minimum atomic E-state index is -2.62. The molecule has 1 saturated heterocycles. The maximum absolute atomic E-state index is 13.2. The van der Waals surface area contributed by atoms with Crippen molar-refractivity contribution in [2.45, 2.75) is 45.2 Å². The summed E-state index contributed by atoms with van der Waals surface area (Å²) in [5.41, 5.74) is 0.972. The molecule has 0 amide bonds. The highest BCUT2D eigenvalue weighted by Crippen LogP contribution is 2.31. The molecule has 3 aromatic rings. The van der Waals surface area contributed by atoms with Crippen molar-refractivity contribution in [3.63, 3.8) is 0 Å². The smallest absolute Gasteiger partial charge is 0.261 e. The van der Waals surface area contributed by atoms with Gasteiger partial charge in [-0.15, -0.1) is 0 Å². The molecule has 6 nitrogen and oxygen atoms in total. The minimum Gasteiger partial charge on any atom is -0.361 e. The molecule has 8 heteroatoms. The van der Waals surface area contributed by atoms with Crippen LogP contribution in [0.1, 0.15) is 36.2 Å². The predicted octanol–water partition coefficient (Wildman–Crippen LogP) is 3.34. The summed E-state index contributed by atoms with van der Waals surface area (Å²) in [7, 11) is 0. The average Bonchev–Trinajstić information content (AvgIpc) is 3.30. The lowest BCUT2D eigenvalue weighted by Crippen LogP contribution is -2.34. The molecule has 0 aliphatic carbocycles. The number of nitrogens with zero attached hydrogens (tertiary/aromatic N) is 4. The quantitative estimate of drug-likeness (QED) is 0.648. The van der Waals surface area contributed by atoms with Crippen LogP contribution in [0.15, 0.2) is 39.6 Å². The van der Waals surface area contributed by atoms with Gasteiger partial charge in [0.1, 0.15) is 11.6 Å². The number of likely N-dealkylation sites (tertiary alicyclic amines) is 1. The first-order chi connectivity index (χ1) is 13.5. The molecule has 1 atom stereocenters. The van der Waals surface area contributed by atoms with Crippen LogP contribution in [0.5, 0.6) is 0 Å². The Balaban J connectivity index is 1.68. The highest BCUT2D eigenvalue weighted by atomic mass is 19.3. The van der Waals surface area contributed by atoms with Gasteiger partial charge >= 0.3 is 0 Å². The van der Waals surface area contributed by atoms with Crippen molar-refractivity contribution < 1.29 is 13.3 Å². The van der Waals surface area contributed by atoms with Crippen molar-refractivity contribution in [2.24, 2.45) is 0 Å². The van der Waals surface area contributed by atoms with Crippen molar-refractivity contribution in [1.29, 1.82) is 0 Å². The lowest BCUT2D eigenvalue weighted by molar-refractivity contribution is 0.120. The second-order valence-corrected chi connectivity index (χ2v) is 7.17. The zero-order chi connectivity index (χ0) is 19.7. The number of halogens is 2. The molecule has 28 heavy (non-hydrogen) atoms. The SMILES string of the molecule is Cc1cc(CCN2CCCC2c2nc3ccccc3c(=O)n2CC(F)F)on1. The van der Waals surface area contributed by atoms with Crippen LogP contribution in [0.25, 0.3) is 10.9 Å². The molecular weight excluding hydrogens is 366 g/mol. The van der Waals surface area contributed by atoms with E-state index in [0.717, 1.165) is 35.4 Å². The van der Waals surface area contributed by atoms with E-state index >= 15 is 0 Å². The van der Waals surface area contributed by atoms with E-state index in [1.54, 1.807) is 24.3 Å². The lowest BCUT2D eigenvalue weighted by Gasteiger charge is -2.26. The fourth-order valence-electron chi connectivity index (χ4n) is 3.93. The summed E-state index contributed by atoms with van der Waals surface area (Å²) in [6.07, 6.45) is -0.239. The summed E-state index contributed by atoms with van der Waals surface area (Å²) in [4.78, 5) is 19.7. The first-order valence-corrected chi connectivity index (χ1v) is 9.47. The van der Waals surface area contributed by atoms with Crippen molar-refractivity contribution in [2.75, 3.05) is 13.1 Å². The van der Waals surface area contributed by atoms with E-state index < -0.39 is 18.5 Å². The fourth-order valence-corrected chi connectivity index (χ4v) is 3.93. The molecule has 0 saturated carbocycles. The van der Waals surface area contributed by atoms with Crippen LogP contribution in [0.2, 0.25) is 0 Å². The Kier molecular flexibility index (Phi) is 5.21. The molecule has 0 N–H and O–H groups in total. The van der Waals surface area contributed by atoms with Gasteiger partial charge in [-0.25, -0.2) is 13.8 Å². The zero-order valence-electron chi connectivity index (χ0n) is 15.6. The number of aromatic nitrogens is 3. The Morgan fingerprint density at radius 2 is 2.14 bits per heavy atom. The van der Waals surface area contributed by atoms with E-state index in [1.165, 1.54) is 0 Å². The molecule has 0 spiro atoms.